The van der Waals surface area contributed by atoms with Gasteiger partial charge >= 0.3 is 0 Å². The fraction of sp³-hybridized carbons (Fsp3) is 0.364. The smallest absolute Gasteiger partial charge is 0.251 e. The van der Waals surface area contributed by atoms with Crippen molar-refractivity contribution in [3.63, 3.8) is 0 Å². The second-order valence-electron chi connectivity index (χ2n) is 7.48. The highest BCUT2D eigenvalue weighted by Gasteiger charge is 2.46. The van der Waals surface area contributed by atoms with Gasteiger partial charge in [-0.15, -0.1) is 0 Å². The first-order chi connectivity index (χ1) is 13.1. The first-order valence-electron chi connectivity index (χ1n) is 9.54. The number of carbonyl (C=O) groups is 2. The van der Waals surface area contributed by atoms with Crippen molar-refractivity contribution in [1.82, 2.24) is 15.5 Å². The number of rotatable bonds is 4. The summed E-state index contributed by atoms with van der Waals surface area (Å²) in [5.41, 5.74) is 3.00. The molecule has 2 fully saturated rings. The molecule has 4 rings (SSSR count). The number of nitrogens with zero attached hydrogens (tertiary/aromatic N) is 1. The minimum absolute atomic E-state index is 0.0121. The van der Waals surface area contributed by atoms with Gasteiger partial charge in [0.15, 0.2) is 0 Å². The number of aryl methyl sites for hydroxylation is 1. The van der Waals surface area contributed by atoms with Crippen LogP contribution in [0, 0.1) is 18.8 Å². The van der Waals surface area contributed by atoms with Crippen LogP contribution in [0.4, 0.5) is 0 Å². The molecule has 2 heterocycles. The average Bonchev–Trinajstić information content (AvgIpc) is 3.28. The number of benzene rings is 2. The van der Waals surface area contributed by atoms with Gasteiger partial charge in [-0.1, -0.05) is 42.5 Å². The lowest BCUT2D eigenvalue weighted by atomic mass is 9.87. The third kappa shape index (κ3) is 3.47. The van der Waals surface area contributed by atoms with E-state index in [0.717, 1.165) is 19.6 Å². The largest absolute Gasteiger partial charge is 0.343 e. The maximum absolute atomic E-state index is 13.0. The minimum Gasteiger partial charge on any atom is -0.343 e. The summed E-state index contributed by atoms with van der Waals surface area (Å²) in [6.45, 7) is 4.77. The predicted octanol–water partition coefficient (Wildman–Crippen LogP) is 2.14. The zero-order valence-electron chi connectivity index (χ0n) is 15.5. The van der Waals surface area contributed by atoms with Gasteiger partial charge in [0.2, 0.25) is 5.91 Å². The van der Waals surface area contributed by atoms with Crippen molar-refractivity contribution < 1.29 is 9.59 Å². The fourth-order valence-electron chi connectivity index (χ4n) is 4.44. The van der Waals surface area contributed by atoms with E-state index in [4.69, 9.17) is 0 Å². The molecule has 0 radical (unpaired) electrons. The van der Waals surface area contributed by atoms with Gasteiger partial charge in [0.05, 0.1) is 12.6 Å². The van der Waals surface area contributed by atoms with Crippen LogP contribution in [0.5, 0.6) is 0 Å². The van der Waals surface area contributed by atoms with Crippen LogP contribution in [-0.4, -0.2) is 42.9 Å². The lowest BCUT2D eigenvalue weighted by Gasteiger charge is -2.29. The number of likely N-dealkylation sites (tertiary alicyclic amines) is 1. The molecule has 2 aliphatic rings. The minimum atomic E-state index is -0.211. The molecule has 2 saturated heterocycles. The molecule has 2 aliphatic heterocycles. The quantitative estimate of drug-likeness (QED) is 0.875. The molecule has 140 valence electrons. The molecule has 0 aliphatic carbocycles. The summed E-state index contributed by atoms with van der Waals surface area (Å²) in [7, 11) is 0. The summed E-state index contributed by atoms with van der Waals surface area (Å²) in [4.78, 5) is 27.2. The fourth-order valence-corrected chi connectivity index (χ4v) is 4.44. The molecule has 5 nitrogen and oxygen atoms in total. The summed E-state index contributed by atoms with van der Waals surface area (Å²) < 4.78 is 0. The molecule has 27 heavy (non-hydrogen) atoms. The van der Waals surface area contributed by atoms with Crippen LogP contribution in [0.1, 0.15) is 27.5 Å². The highest BCUT2D eigenvalue weighted by molar-refractivity contribution is 5.96. The van der Waals surface area contributed by atoms with E-state index in [0.29, 0.717) is 17.4 Å². The van der Waals surface area contributed by atoms with Crippen LogP contribution in [0.25, 0.3) is 0 Å². The van der Waals surface area contributed by atoms with Crippen LogP contribution in [-0.2, 0) is 4.79 Å². The Morgan fingerprint density at radius 1 is 1.07 bits per heavy atom. The van der Waals surface area contributed by atoms with Gasteiger partial charge in [0, 0.05) is 31.1 Å². The summed E-state index contributed by atoms with van der Waals surface area (Å²) in [6.07, 6.45) is 0. The molecule has 2 aromatic carbocycles. The standard InChI is InChI=1S/C22H25N3O2/c1-15-7-5-6-10-18(15)21-19-12-23-11-17(19)14-25(21)20(26)13-24-22(27)16-8-3-2-4-9-16/h2-10,17,19,21,23H,11-14H2,1H3,(H,24,27)/t17-,19-,21+/m0/s1. The lowest BCUT2D eigenvalue weighted by molar-refractivity contribution is -0.131. The Bertz CT molecular complexity index is 836. The maximum atomic E-state index is 13.0. The number of hydrogen-bond donors (Lipinski definition) is 2. The van der Waals surface area contributed by atoms with Crippen LogP contribution in [0.15, 0.2) is 54.6 Å². The highest BCUT2D eigenvalue weighted by atomic mass is 16.2. The Labute approximate surface area is 159 Å². The third-order valence-electron chi connectivity index (χ3n) is 5.83. The van der Waals surface area contributed by atoms with Crippen LogP contribution in [0.2, 0.25) is 0 Å². The Morgan fingerprint density at radius 3 is 2.59 bits per heavy atom. The van der Waals surface area contributed by atoms with E-state index in [-0.39, 0.29) is 24.4 Å². The normalized spacial score (nSPS) is 23.9. The topological polar surface area (TPSA) is 61.4 Å². The molecular weight excluding hydrogens is 338 g/mol. The molecular formula is C22H25N3O2. The van der Waals surface area contributed by atoms with Crippen LogP contribution in [0.3, 0.4) is 0 Å². The number of nitrogens with one attached hydrogen (secondary N) is 2. The van der Waals surface area contributed by atoms with E-state index < -0.39 is 0 Å². The molecule has 0 unspecified atom stereocenters. The van der Waals surface area contributed by atoms with Crippen molar-refractivity contribution >= 4 is 11.8 Å². The molecule has 0 spiro atoms. The predicted molar refractivity (Wildman–Crippen MR) is 104 cm³/mol. The molecule has 5 heteroatoms. The maximum Gasteiger partial charge on any atom is 0.251 e. The number of fused-ring (bicyclic) bond motifs is 1. The van der Waals surface area contributed by atoms with Crippen molar-refractivity contribution in [1.29, 1.82) is 0 Å². The van der Waals surface area contributed by atoms with Gasteiger partial charge in [0.1, 0.15) is 0 Å². The highest BCUT2D eigenvalue weighted by Crippen LogP contribution is 2.43. The van der Waals surface area contributed by atoms with Gasteiger partial charge in [-0.3, -0.25) is 9.59 Å². The van der Waals surface area contributed by atoms with E-state index in [1.807, 2.05) is 35.2 Å². The summed E-state index contributed by atoms with van der Waals surface area (Å²) >= 11 is 0. The van der Waals surface area contributed by atoms with Crippen LogP contribution >= 0.6 is 0 Å². The van der Waals surface area contributed by atoms with Crippen LogP contribution < -0.4 is 10.6 Å². The van der Waals surface area contributed by atoms with Crippen molar-refractivity contribution in [2.75, 3.05) is 26.2 Å². The van der Waals surface area contributed by atoms with Crippen molar-refractivity contribution in [3.05, 3.63) is 71.3 Å². The second-order valence-corrected chi connectivity index (χ2v) is 7.48. The van der Waals surface area contributed by atoms with Crippen molar-refractivity contribution in [2.45, 2.75) is 13.0 Å². The Hall–Kier alpha value is -2.66. The number of hydrogen-bond acceptors (Lipinski definition) is 3. The Kier molecular flexibility index (Phi) is 4.94. The molecule has 2 aromatic rings. The summed E-state index contributed by atoms with van der Waals surface area (Å²) in [5.74, 6) is 0.683. The van der Waals surface area contributed by atoms with Crippen molar-refractivity contribution in [2.24, 2.45) is 11.8 Å². The molecule has 2 amide bonds. The van der Waals surface area contributed by atoms with Gasteiger partial charge in [-0.25, -0.2) is 0 Å². The Balaban J connectivity index is 1.50. The zero-order chi connectivity index (χ0) is 18.8. The van der Waals surface area contributed by atoms with E-state index in [9.17, 15) is 9.59 Å². The zero-order valence-corrected chi connectivity index (χ0v) is 15.5. The first-order valence-corrected chi connectivity index (χ1v) is 9.54. The van der Waals surface area contributed by atoms with E-state index >= 15 is 0 Å². The molecule has 3 atom stereocenters. The van der Waals surface area contributed by atoms with Gasteiger partial charge in [0.25, 0.3) is 5.91 Å². The van der Waals surface area contributed by atoms with Crippen molar-refractivity contribution in [3.8, 4) is 0 Å². The SMILES string of the molecule is Cc1ccccc1[C@@H]1[C@H]2CNC[C@H]2CN1C(=O)CNC(=O)c1ccccc1. The van der Waals surface area contributed by atoms with E-state index in [2.05, 4.69) is 29.7 Å². The molecule has 2 N–H and O–H groups in total. The average molecular weight is 363 g/mol. The Morgan fingerprint density at radius 2 is 1.81 bits per heavy atom. The number of amides is 2. The molecule has 0 bridgehead atoms. The number of carbonyl (C=O) groups excluding carboxylic acids is 2. The summed E-state index contributed by atoms with van der Waals surface area (Å²) in [5, 5.41) is 6.25. The molecule has 0 aromatic heterocycles. The third-order valence-corrected chi connectivity index (χ3v) is 5.83. The summed E-state index contributed by atoms with van der Waals surface area (Å²) in [6, 6.07) is 17.4. The van der Waals surface area contributed by atoms with E-state index in [1.54, 1.807) is 12.1 Å². The lowest BCUT2D eigenvalue weighted by Crippen LogP contribution is -2.41. The molecule has 0 saturated carbocycles. The van der Waals surface area contributed by atoms with E-state index in [1.165, 1.54) is 11.1 Å². The monoisotopic (exact) mass is 363 g/mol. The first kappa shape index (κ1) is 17.7. The van der Waals surface area contributed by atoms with Gasteiger partial charge in [-0.05, 0) is 36.1 Å². The second kappa shape index (κ2) is 7.53. The van der Waals surface area contributed by atoms with Gasteiger partial charge in [-0.2, -0.15) is 0 Å². The van der Waals surface area contributed by atoms with Gasteiger partial charge < -0.3 is 15.5 Å².